The van der Waals surface area contributed by atoms with Crippen LogP contribution in [0.3, 0.4) is 0 Å². The van der Waals surface area contributed by atoms with E-state index in [0.717, 1.165) is 10.2 Å². The van der Waals surface area contributed by atoms with Gasteiger partial charge in [-0.15, -0.1) is 0 Å². The topological polar surface area (TPSA) is 24.9 Å². The molecule has 2 nitrogen and oxygen atoms in total. The lowest BCUT2D eigenvalue weighted by molar-refractivity contribution is 0.612. The van der Waals surface area contributed by atoms with Crippen molar-refractivity contribution in [2.75, 3.05) is 5.32 Å². The van der Waals surface area contributed by atoms with Crippen LogP contribution < -0.4 is 5.32 Å². The fourth-order valence-electron chi connectivity index (χ4n) is 1.39. The predicted molar refractivity (Wildman–Crippen MR) is 78.4 cm³/mol. The van der Waals surface area contributed by atoms with Crippen molar-refractivity contribution in [2.24, 2.45) is 0 Å². The third kappa shape index (κ3) is 3.43. The van der Waals surface area contributed by atoms with Crippen LogP contribution in [0.25, 0.3) is 0 Å². The Morgan fingerprint density at radius 3 is 2.78 bits per heavy atom. The predicted octanol–water partition coefficient (Wildman–Crippen LogP) is 5.01. The van der Waals surface area contributed by atoms with Crippen LogP contribution in [0.15, 0.2) is 39.4 Å². The summed E-state index contributed by atoms with van der Waals surface area (Å²) in [6, 6.07) is 6.63. The number of benzene rings is 1. The van der Waals surface area contributed by atoms with E-state index in [1.54, 1.807) is 24.4 Å². The summed E-state index contributed by atoms with van der Waals surface area (Å²) in [5.41, 5.74) is 1.35. The molecule has 0 radical (unpaired) electrons. The van der Waals surface area contributed by atoms with Gasteiger partial charge < -0.3 is 5.32 Å². The summed E-state index contributed by atoms with van der Waals surface area (Å²) in [5, 5.41) is 3.48. The van der Waals surface area contributed by atoms with Gasteiger partial charge >= 0.3 is 0 Å². The summed E-state index contributed by atoms with van der Waals surface area (Å²) < 4.78 is 15.1. The zero-order valence-corrected chi connectivity index (χ0v) is 13.0. The Kier molecular flexibility index (Phi) is 4.59. The molecule has 1 heterocycles. The van der Waals surface area contributed by atoms with E-state index >= 15 is 0 Å². The van der Waals surface area contributed by atoms with E-state index < -0.39 is 0 Å². The van der Waals surface area contributed by atoms with Crippen LogP contribution in [0.5, 0.6) is 0 Å². The number of nitrogens with one attached hydrogen (secondary N) is 1. The highest BCUT2D eigenvalue weighted by atomic mass is 79.9. The van der Waals surface area contributed by atoms with Crippen molar-refractivity contribution in [1.29, 1.82) is 0 Å². The highest BCUT2D eigenvalue weighted by Gasteiger charge is 2.04. The number of nitrogens with zero attached hydrogens (tertiary/aromatic N) is 1. The third-order valence-electron chi connectivity index (χ3n) is 2.29. The van der Waals surface area contributed by atoms with Crippen molar-refractivity contribution in [2.45, 2.75) is 6.54 Å². The molecule has 6 heteroatoms. The van der Waals surface area contributed by atoms with Gasteiger partial charge in [0, 0.05) is 16.6 Å². The SMILES string of the molecule is Fc1ccc(Br)cc1CNc1cnc(Cl)c(Br)c1. The van der Waals surface area contributed by atoms with Crippen LogP contribution in [0.4, 0.5) is 10.1 Å². The molecule has 0 aliphatic carbocycles. The highest BCUT2D eigenvalue weighted by Crippen LogP contribution is 2.23. The highest BCUT2D eigenvalue weighted by molar-refractivity contribution is 9.10. The monoisotopic (exact) mass is 392 g/mol. The van der Waals surface area contributed by atoms with Gasteiger partial charge in [0.15, 0.2) is 0 Å². The van der Waals surface area contributed by atoms with Crippen molar-refractivity contribution < 1.29 is 4.39 Å². The maximum atomic E-state index is 13.5. The molecule has 0 bridgehead atoms. The van der Waals surface area contributed by atoms with E-state index in [9.17, 15) is 4.39 Å². The second-order valence-electron chi connectivity index (χ2n) is 3.59. The first-order valence-corrected chi connectivity index (χ1v) is 7.01. The van der Waals surface area contributed by atoms with E-state index in [2.05, 4.69) is 42.2 Å². The van der Waals surface area contributed by atoms with Crippen LogP contribution >= 0.6 is 43.5 Å². The van der Waals surface area contributed by atoms with Gasteiger partial charge in [-0.1, -0.05) is 27.5 Å². The fraction of sp³-hybridized carbons (Fsp3) is 0.0833. The van der Waals surface area contributed by atoms with Gasteiger partial charge in [0.2, 0.25) is 0 Å². The molecule has 2 aromatic rings. The van der Waals surface area contributed by atoms with Crippen LogP contribution in [0.2, 0.25) is 5.15 Å². The molecule has 2 rings (SSSR count). The Bertz CT molecular complexity index is 578. The summed E-state index contributed by atoms with van der Waals surface area (Å²) >= 11 is 12.4. The lowest BCUT2D eigenvalue weighted by Crippen LogP contribution is -2.02. The fourth-order valence-corrected chi connectivity index (χ4v) is 2.25. The van der Waals surface area contributed by atoms with Crippen molar-refractivity contribution in [3.05, 3.63) is 55.9 Å². The van der Waals surface area contributed by atoms with Crippen molar-refractivity contribution in [3.63, 3.8) is 0 Å². The second-order valence-corrected chi connectivity index (χ2v) is 5.71. The Labute approximate surface area is 126 Å². The molecule has 0 saturated carbocycles. The normalized spacial score (nSPS) is 10.4. The quantitative estimate of drug-likeness (QED) is 0.740. The van der Waals surface area contributed by atoms with Gasteiger partial charge in [-0.05, 0) is 40.2 Å². The van der Waals surface area contributed by atoms with E-state index in [1.807, 2.05) is 0 Å². The molecule has 94 valence electrons. The van der Waals surface area contributed by atoms with Crippen LogP contribution in [0.1, 0.15) is 5.56 Å². The summed E-state index contributed by atoms with van der Waals surface area (Å²) in [6.45, 7) is 0.376. The standard InChI is InChI=1S/C12H8Br2ClFN2/c13-8-1-2-11(16)7(3-8)5-17-9-4-10(14)12(15)18-6-9/h1-4,6,17H,5H2. The van der Waals surface area contributed by atoms with Gasteiger partial charge in [0.25, 0.3) is 0 Å². The average Bonchev–Trinajstić information content (AvgIpc) is 2.34. The molecule has 0 fully saturated rings. The summed E-state index contributed by atoms with van der Waals surface area (Å²) in [4.78, 5) is 3.98. The van der Waals surface area contributed by atoms with Gasteiger partial charge in [0.05, 0.1) is 16.4 Å². The lowest BCUT2D eigenvalue weighted by atomic mass is 10.2. The minimum atomic E-state index is -0.244. The van der Waals surface area contributed by atoms with Crippen molar-refractivity contribution in [1.82, 2.24) is 4.98 Å². The van der Waals surface area contributed by atoms with Gasteiger partial charge in [-0.25, -0.2) is 9.37 Å². The molecule has 0 atom stereocenters. The molecule has 18 heavy (non-hydrogen) atoms. The third-order valence-corrected chi connectivity index (χ3v) is 3.91. The van der Waals surface area contributed by atoms with Crippen LogP contribution in [0, 0.1) is 5.82 Å². The van der Waals surface area contributed by atoms with Crippen molar-refractivity contribution >= 4 is 49.1 Å². The Hall–Kier alpha value is -0.650. The molecule has 0 aliphatic rings. The van der Waals surface area contributed by atoms with Crippen LogP contribution in [-0.2, 0) is 6.54 Å². The molecule has 0 spiro atoms. The summed E-state index contributed by atoms with van der Waals surface area (Å²) in [5.74, 6) is -0.244. The molecule has 1 aromatic carbocycles. The molecule has 0 aliphatic heterocycles. The number of rotatable bonds is 3. The number of anilines is 1. The first-order valence-electron chi connectivity index (χ1n) is 5.05. The second kappa shape index (κ2) is 5.99. The van der Waals surface area contributed by atoms with E-state index in [1.165, 1.54) is 6.07 Å². The molecular weight excluding hydrogens is 386 g/mol. The maximum Gasteiger partial charge on any atom is 0.143 e. The number of aromatic nitrogens is 1. The molecule has 0 amide bonds. The first kappa shape index (κ1) is 13.8. The summed E-state index contributed by atoms with van der Waals surface area (Å²) in [7, 11) is 0. The van der Waals surface area contributed by atoms with Gasteiger partial charge in [-0.3, -0.25) is 0 Å². The Morgan fingerprint density at radius 2 is 2.06 bits per heavy atom. The number of hydrogen-bond donors (Lipinski definition) is 1. The zero-order valence-electron chi connectivity index (χ0n) is 9.05. The smallest absolute Gasteiger partial charge is 0.143 e. The van der Waals surface area contributed by atoms with Gasteiger partial charge in [0.1, 0.15) is 11.0 Å². The molecule has 1 aromatic heterocycles. The minimum absolute atomic E-state index is 0.244. The zero-order chi connectivity index (χ0) is 13.1. The number of pyridine rings is 1. The van der Waals surface area contributed by atoms with Crippen molar-refractivity contribution in [3.8, 4) is 0 Å². The Morgan fingerprint density at radius 1 is 1.28 bits per heavy atom. The molecule has 1 N–H and O–H groups in total. The summed E-state index contributed by atoms with van der Waals surface area (Å²) in [6.07, 6.45) is 1.60. The largest absolute Gasteiger partial charge is 0.380 e. The van der Waals surface area contributed by atoms with E-state index in [4.69, 9.17) is 11.6 Å². The Balaban J connectivity index is 2.11. The molecule has 0 saturated heterocycles. The molecular formula is C12H8Br2ClFN2. The number of halogens is 4. The number of hydrogen-bond acceptors (Lipinski definition) is 2. The average molecular weight is 394 g/mol. The first-order chi connectivity index (χ1) is 8.56. The maximum absolute atomic E-state index is 13.5. The minimum Gasteiger partial charge on any atom is -0.380 e. The van der Waals surface area contributed by atoms with E-state index in [0.29, 0.717) is 21.7 Å². The lowest BCUT2D eigenvalue weighted by Gasteiger charge is -2.08. The van der Waals surface area contributed by atoms with Gasteiger partial charge in [-0.2, -0.15) is 0 Å². The van der Waals surface area contributed by atoms with Crippen LogP contribution in [-0.4, -0.2) is 4.98 Å². The molecule has 0 unspecified atom stereocenters. The van der Waals surface area contributed by atoms with E-state index in [-0.39, 0.29) is 5.82 Å².